The maximum absolute atomic E-state index is 13.2. The van der Waals surface area contributed by atoms with Crippen LogP contribution in [0.2, 0.25) is 0 Å². The fraction of sp³-hybridized carbons (Fsp3) is 0.143. The number of benzene rings is 2. The number of methoxy groups -OCH3 is 2. The van der Waals surface area contributed by atoms with Crippen molar-refractivity contribution in [3.8, 4) is 11.5 Å². The topological polar surface area (TPSA) is 56.5 Å². The van der Waals surface area contributed by atoms with E-state index < -0.39 is 0 Å². The molecule has 0 bridgehead atoms. The van der Waals surface area contributed by atoms with E-state index in [9.17, 15) is 4.39 Å². The van der Waals surface area contributed by atoms with Crippen molar-refractivity contribution < 1.29 is 13.9 Å². The maximum Gasteiger partial charge on any atom is 0.162 e. The number of nitrogens with two attached hydrogens (primary N) is 1. The molecule has 2 aromatic rings. The van der Waals surface area contributed by atoms with E-state index in [1.165, 1.54) is 6.07 Å². The largest absolute Gasteiger partial charge is 0.493 e. The molecule has 0 aliphatic rings. The van der Waals surface area contributed by atoms with Crippen LogP contribution in [0.3, 0.4) is 0 Å². The van der Waals surface area contributed by atoms with Crippen LogP contribution in [0.1, 0.15) is 0 Å². The molecule has 20 heavy (non-hydrogen) atoms. The van der Waals surface area contributed by atoms with Crippen LogP contribution in [0.25, 0.3) is 0 Å². The van der Waals surface area contributed by atoms with Crippen LogP contribution in [0.15, 0.2) is 34.8 Å². The standard InChI is InChI=1S/C14H14BrFN2O2/c1-19-13-6-11(17)12(7-14(13)20-2)18-8-3-4-10(16)9(15)5-8/h3-7,18H,17H2,1-2H3. The first kappa shape index (κ1) is 14.5. The van der Waals surface area contributed by atoms with Gasteiger partial charge in [-0.1, -0.05) is 0 Å². The van der Waals surface area contributed by atoms with Gasteiger partial charge in [0.2, 0.25) is 0 Å². The van der Waals surface area contributed by atoms with Crippen LogP contribution in [0, 0.1) is 5.82 Å². The van der Waals surface area contributed by atoms with Crippen molar-refractivity contribution in [2.24, 2.45) is 0 Å². The molecule has 0 saturated heterocycles. The fourth-order valence-corrected chi connectivity index (χ4v) is 2.11. The summed E-state index contributed by atoms with van der Waals surface area (Å²) in [6, 6.07) is 8.01. The molecule has 0 aliphatic heterocycles. The second kappa shape index (κ2) is 6.00. The first-order valence-electron chi connectivity index (χ1n) is 5.78. The molecule has 0 fully saturated rings. The summed E-state index contributed by atoms with van der Waals surface area (Å²) in [5, 5.41) is 3.11. The van der Waals surface area contributed by atoms with Crippen molar-refractivity contribution in [3.05, 3.63) is 40.6 Å². The third-order valence-electron chi connectivity index (χ3n) is 2.75. The molecule has 4 nitrogen and oxygen atoms in total. The van der Waals surface area contributed by atoms with Crippen molar-refractivity contribution in [2.75, 3.05) is 25.3 Å². The van der Waals surface area contributed by atoms with Gasteiger partial charge in [-0.2, -0.15) is 0 Å². The van der Waals surface area contributed by atoms with E-state index in [0.717, 1.165) is 0 Å². The van der Waals surface area contributed by atoms with Gasteiger partial charge in [-0.25, -0.2) is 4.39 Å². The number of hydrogen-bond acceptors (Lipinski definition) is 4. The van der Waals surface area contributed by atoms with E-state index in [-0.39, 0.29) is 5.82 Å². The minimum atomic E-state index is -0.323. The van der Waals surface area contributed by atoms with Crippen molar-refractivity contribution in [1.29, 1.82) is 0 Å². The molecule has 0 heterocycles. The zero-order valence-corrected chi connectivity index (χ0v) is 12.6. The molecular weight excluding hydrogens is 327 g/mol. The van der Waals surface area contributed by atoms with Gasteiger partial charge in [0.15, 0.2) is 11.5 Å². The minimum Gasteiger partial charge on any atom is -0.493 e. The van der Waals surface area contributed by atoms with E-state index in [1.54, 1.807) is 38.5 Å². The third kappa shape index (κ3) is 2.96. The molecule has 0 atom stereocenters. The molecule has 0 radical (unpaired) electrons. The van der Waals surface area contributed by atoms with Crippen molar-refractivity contribution in [1.82, 2.24) is 0 Å². The molecule has 0 amide bonds. The summed E-state index contributed by atoms with van der Waals surface area (Å²) in [5.74, 6) is 0.789. The predicted molar refractivity (Wildman–Crippen MR) is 81.3 cm³/mol. The Bertz CT molecular complexity index is 635. The average molecular weight is 341 g/mol. The molecule has 2 aromatic carbocycles. The molecule has 0 aromatic heterocycles. The van der Waals surface area contributed by atoms with Crippen LogP contribution >= 0.6 is 15.9 Å². The Hall–Kier alpha value is -1.95. The third-order valence-corrected chi connectivity index (χ3v) is 3.36. The number of ether oxygens (including phenoxy) is 2. The summed E-state index contributed by atoms with van der Waals surface area (Å²) in [6.45, 7) is 0. The van der Waals surface area contributed by atoms with Gasteiger partial charge < -0.3 is 20.5 Å². The maximum atomic E-state index is 13.2. The molecular formula is C14H14BrFN2O2. The number of hydrogen-bond donors (Lipinski definition) is 2. The molecule has 3 N–H and O–H groups in total. The van der Waals surface area contributed by atoms with Crippen LogP contribution in [0.5, 0.6) is 11.5 Å². The normalized spacial score (nSPS) is 10.2. The van der Waals surface area contributed by atoms with Gasteiger partial charge >= 0.3 is 0 Å². The van der Waals surface area contributed by atoms with E-state index in [1.807, 2.05) is 0 Å². The van der Waals surface area contributed by atoms with Crippen LogP contribution in [0.4, 0.5) is 21.5 Å². The Morgan fingerprint density at radius 2 is 1.75 bits per heavy atom. The van der Waals surface area contributed by atoms with E-state index in [4.69, 9.17) is 15.2 Å². The summed E-state index contributed by atoms with van der Waals surface area (Å²) < 4.78 is 24.0. The zero-order valence-electron chi connectivity index (χ0n) is 11.0. The summed E-state index contributed by atoms with van der Waals surface area (Å²) in [5.41, 5.74) is 7.81. The average Bonchev–Trinajstić information content (AvgIpc) is 2.44. The highest BCUT2D eigenvalue weighted by Gasteiger charge is 2.10. The first-order chi connectivity index (χ1) is 9.55. The van der Waals surface area contributed by atoms with Crippen molar-refractivity contribution in [2.45, 2.75) is 0 Å². The predicted octanol–water partition coefficient (Wildman–Crippen LogP) is 3.93. The summed E-state index contributed by atoms with van der Waals surface area (Å²) in [6.07, 6.45) is 0. The quantitative estimate of drug-likeness (QED) is 0.828. The van der Waals surface area contributed by atoms with Gasteiger partial charge in [0, 0.05) is 17.8 Å². The molecule has 0 unspecified atom stereocenters. The number of nitrogen functional groups attached to an aromatic ring is 1. The second-order valence-corrected chi connectivity index (χ2v) is 4.90. The Morgan fingerprint density at radius 1 is 1.10 bits per heavy atom. The van der Waals surface area contributed by atoms with Gasteiger partial charge in [0.05, 0.1) is 30.1 Å². The number of anilines is 3. The van der Waals surface area contributed by atoms with E-state index in [0.29, 0.717) is 33.0 Å². The summed E-state index contributed by atoms with van der Waals surface area (Å²) in [4.78, 5) is 0. The molecule has 2 rings (SSSR count). The van der Waals surface area contributed by atoms with Crippen molar-refractivity contribution >= 4 is 33.0 Å². The SMILES string of the molecule is COc1cc(N)c(Nc2ccc(F)c(Br)c2)cc1OC. The minimum absolute atomic E-state index is 0.323. The molecule has 0 spiro atoms. The first-order valence-corrected chi connectivity index (χ1v) is 6.58. The van der Waals surface area contributed by atoms with Crippen LogP contribution < -0.4 is 20.5 Å². The Morgan fingerprint density at radius 3 is 2.35 bits per heavy atom. The Labute approximate surface area is 124 Å². The van der Waals surface area contributed by atoms with E-state index >= 15 is 0 Å². The number of halogens is 2. The van der Waals surface area contributed by atoms with Gasteiger partial charge in [0.25, 0.3) is 0 Å². The highest BCUT2D eigenvalue weighted by Crippen LogP contribution is 2.36. The zero-order chi connectivity index (χ0) is 14.7. The lowest BCUT2D eigenvalue weighted by Gasteiger charge is -2.14. The lowest BCUT2D eigenvalue weighted by Crippen LogP contribution is -1.99. The van der Waals surface area contributed by atoms with Crippen LogP contribution in [-0.2, 0) is 0 Å². The molecule has 0 saturated carbocycles. The second-order valence-electron chi connectivity index (χ2n) is 4.05. The Kier molecular flexibility index (Phi) is 4.34. The fourth-order valence-electron chi connectivity index (χ4n) is 1.73. The molecule has 106 valence electrons. The lowest BCUT2D eigenvalue weighted by molar-refractivity contribution is 0.355. The van der Waals surface area contributed by atoms with Crippen LogP contribution in [-0.4, -0.2) is 14.2 Å². The number of rotatable bonds is 4. The van der Waals surface area contributed by atoms with Gasteiger partial charge in [-0.3, -0.25) is 0 Å². The van der Waals surface area contributed by atoms with E-state index in [2.05, 4.69) is 21.2 Å². The van der Waals surface area contributed by atoms with Gasteiger partial charge in [-0.15, -0.1) is 0 Å². The summed E-state index contributed by atoms with van der Waals surface area (Å²) in [7, 11) is 3.09. The lowest BCUT2D eigenvalue weighted by atomic mass is 10.2. The number of nitrogens with one attached hydrogen (secondary N) is 1. The molecule has 0 aliphatic carbocycles. The smallest absolute Gasteiger partial charge is 0.162 e. The monoisotopic (exact) mass is 340 g/mol. The van der Waals surface area contributed by atoms with Gasteiger partial charge in [0.1, 0.15) is 5.82 Å². The van der Waals surface area contributed by atoms with Crippen molar-refractivity contribution in [3.63, 3.8) is 0 Å². The Balaban J connectivity index is 2.35. The molecule has 6 heteroatoms. The summed E-state index contributed by atoms with van der Waals surface area (Å²) >= 11 is 3.14. The highest BCUT2D eigenvalue weighted by molar-refractivity contribution is 9.10. The highest BCUT2D eigenvalue weighted by atomic mass is 79.9. The van der Waals surface area contributed by atoms with Gasteiger partial charge in [-0.05, 0) is 34.1 Å².